The lowest BCUT2D eigenvalue weighted by Crippen LogP contribution is -2.26. The van der Waals surface area contributed by atoms with E-state index in [2.05, 4.69) is 25.6 Å². The molecule has 0 fully saturated rings. The number of carbonyl (C=O) groups excluding carboxylic acids is 1. The van der Waals surface area contributed by atoms with Gasteiger partial charge in [0.2, 0.25) is 5.95 Å². The van der Waals surface area contributed by atoms with Crippen LogP contribution in [0.2, 0.25) is 0 Å². The van der Waals surface area contributed by atoms with E-state index in [4.69, 9.17) is 5.11 Å². The fourth-order valence-electron chi connectivity index (χ4n) is 2.41. The van der Waals surface area contributed by atoms with Gasteiger partial charge in [0.15, 0.2) is 0 Å². The van der Waals surface area contributed by atoms with Crippen molar-refractivity contribution in [3.05, 3.63) is 60.0 Å². The minimum atomic E-state index is -0.326. The Morgan fingerprint density at radius 1 is 1.19 bits per heavy atom. The number of aromatic amines is 1. The van der Waals surface area contributed by atoms with Crippen LogP contribution in [0.3, 0.4) is 0 Å². The number of hydrogen-bond acceptors (Lipinski definition) is 6. The fourth-order valence-corrected chi connectivity index (χ4v) is 2.41. The van der Waals surface area contributed by atoms with E-state index >= 15 is 0 Å². The summed E-state index contributed by atoms with van der Waals surface area (Å²) in [6, 6.07) is 11.1. The number of nitrogens with zero attached hydrogens (tertiary/aromatic N) is 2. The van der Waals surface area contributed by atoms with Crippen molar-refractivity contribution in [2.75, 3.05) is 18.5 Å². The van der Waals surface area contributed by atoms with Gasteiger partial charge in [0.25, 0.3) is 5.91 Å². The molecule has 0 spiro atoms. The molecule has 0 saturated carbocycles. The van der Waals surface area contributed by atoms with Crippen molar-refractivity contribution in [2.45, 2.75) is 6.61 Å². The SMILES string of the molecule is O=C(NCCO)c1cc(-c2nc(Nc3ccccc3)ncc2CO)c[nH]1. The van der Waals surface area contributed by atoms with Gasteiger partial charge in [-0.25, -0.2) is 9.97 Å². The smallest absolute Gasteiger partial charge is 0.267 e. The summed E-state index contributed by atoms with van der Waals surface area (Å²) < 4.78 is 0. The van der Waals surface area contributed by atoms with E-state index in [1.807, 2.05) is 30.3 Å². The number of H-pyrrole nitrogens is 1. The number of benzene rings is 1. The van der Waals surface area contributed by atoms with Crippen molar-refractivity contribution in [3.8, 4) is 11.3 Å². The van der Waals surface area contributed by atoms with E-state index < -0.39 is 0 Å². The van der Waals surface area contributed by atoms with Gasteiger partial charge in [-0.2, -0.15) is 0 Å². The Morgan fingerprint density at radius 3 is 2.73 bits per heavy atom. The van der Waals surface area contributed by atoms with Gasteiger partial charge in [-0.3, -0.25) is 4.79 Å². The lowest BCUT2D eigenvalue weighted by atomic mass is 10.1. The zero-order chi connectivity index (χ0) is 18.4. The summed E-state index contributed by atoms with van der Waals surface area (Å²) in [5, 5.41) is 24.0. The number of aliphatic hydroxyl groups excluding tert-OH is 2. The van der Waals surface area contributed by atoms with Gasteiger partial charge in [0.1, 0.15) is 5.69 Å². The quantitative estimate of drug-likeness (QED) is 0.438. The molecule has 0 unspecified atom stereocenters. The third-order valence-corrected chi connectivity index (χ3v) is 3.66. The molecule has 0 aliphatic heterocycles. The van der Waals surface area contributed by atoms with E-state index in [0.29, 0.717) is 28.5 Å². The van der Waals surface area contributed by atoms with Crippen LogP contribution in [0.5, 0.6) is 0 Å². The lowest BCUT2D eigenvalue weighted by molar-refractivity contribution is 0.0940. The van der Waals surface area contributed by atoms with Crippen molar-refractivity contribution in [1.82, 2.24) is 20.3 Å². The zero-order valence-corrected chi connectivity index (χ0v) is 13.9. The third kappa shape index (κ3) is 4.05. The molecule has 1 amide bonds. The van der Waals surface area contributed by atoms with Gasteiger partial charge >= 0.3 is 0 Å². The normalized spacial score (nSPS) is 10.5. The Labute approximate surface area is 150 Å². The standard InChI is InChI=1S/C18H19N5O3/c24-7-6-19-17(26)15-8-12(9-20-15)16-13(11-25)10-21-18(23-16)22-14-4-2-1-3-5-14/h1-5,8-10,20,24-25H,6-7,11H2,(H,19,26)(H,21,22,23). The molecule has 0 aliphatic carbocycles. The molecule has 0 radical (unpaired) electrons. The van der Waals surface area contributed by atoms with Gasteiger partial charge in [0.05, 0.1) is 18.9 Å². The summed E-state index contributed by atoms with van der Waals surface area (Å²) in [6.07, 6.45) is 3.19. The minimum absolute atomic E-state index is 0.131. The molecular weight excluding hydrogens is 334 g/mol. The van der Waals surface area contributed by atoms with Crippen molar-refractivity contribution in [1.29, 1.82) is 0 Å². The number of nitrogens with one attached hydrogen (secondary N) is 3. The summed E-state index contributed by atoms with van der Waals surface area (Å²) >= 11 is 0. The molecule has 0 bridgehead atoms. The Balaban J connectivity index is 1.87. The Morgan fingerprint density at radius 2 is 2.00 bits per heavy atom. The number of para-hydroxylation sites is 1. The van der Waals surface area contributed by atoms with Crippen LogP contribution in [0.25, 0.3) is 11.3 Å². The lowest BCUT2D eigenvalue weighted by Gasteiger charge is -2.09. The predicted molar refractivity (Wildman–Crippen MR) is 96.9 cm³/mol. The summed E-state index contributed by atoms with van der Waals surface area (Å²) in [5.41, 5.74) is 2.91. The topological polar surface area (TPSA) is 123 Å². The van der Waals surface area contributed by atoms with E-state index in [9.17, 15) is 9.90 Å². The van der Waals surface area contributed by atoms with E-state index in [0.717, 1.165) is 5.69 Å². The molecule has 3 rings (SSSR count). The maximum absolute atomic E-state index is 12.0. The first kappa shape index (κ1) is 17.6. The molecule has 1 aromatic carbocycles. The molecule has 2 heterocycles. The monoisotopic (exact) mass is 353 g/mol. The number of hydrogen-bond donors (Lipinski definition) is 5. The molecular formula is C18H19N5O3. The maximum Gasteiger partial charge on any atom is 0.267 e. The van der Waals surface area contributed by atoms with E-state index in [1.165, 1.54) is 0 Å². The van der Waals surface area contributed by atoms with Crippen LogP contribution in [-0.2, 0) is 6.61 Å². The predicted octanol–water partition coefficient (Wildman–Crippen LogP) is 1.43. The molecule has 26 heavy (non-hydrogen) atoms. The Hall–Kier alpha value is -3.23. The van der Waals surface area contributed by atoms with Crippen molar-refractivity contribution >= 4 is 17.5 Å². The van der Waals surface area contributed by atoms with Crippen LogP contribution >= 0.6 is 0 Å². The minimum Gasteiger partial charge on any atom is -0.395 e. The van der Waals surface area contributed by atoms with Crippen molar-refractivity contribution in [2.24, 2.45) is 0 Å². The first-order chi connectivity index (χ1) is 12.7. The van der Waals surface area contributed by atoms with Gasteiger partial charge in [-0.1, -0.05) is 18.2 Å². The molecule has 8 heteroatoms. The van der Waals surface area contributed by atoms with Gasteiger partial charge < -0.3 is 25.8 Å². The Bertz CT molecular complexity index is 880. The second kappa shape index (κ2) is 8.24. The first-order valence-corrected chi connectivity index (χ1v) is 8.08. The fraction of sp³-hybridized carbons (Fsp3) is 0.167. The van der Waals surface area contributed by atoms with Crippen LogP contribution < -0.4 is 10.6 Å². The molecule has 0 saturated heterocycles. The van der Waals surface area contributed by atoms with Gasteiger partial charge in [-0.05, 0) is 18.2 Å². The highest BCUT2D eigenvalue weighted by Gasteiger charge is 2.14. The number of anilines is 2. The van der Waals surface area contributed by atoms with Crippen LogP contribution in [0.15, 0.2) is 48.8 Å². The van der Waals surface area contributed by atoms with E-state index in [1.54, 1.807) is 18.5 Å². The third-order valence-electron chi connectivity index (χ3n) is 3.66. The highest BCUT2D eigenvalue weighted by Crippen LogP contribution is 2.24. The summed E-state index contributed by atoms with van der Waals surface area (Å²) in [4.78, 5) is 23.5. The summed E-state index contributed by atoms with van der Waals surface area (Å²) in [6.45, 7) is -0.180. The van der Waals surface area contributed by atoms with Gasteiger partial charge in [0, 0.05) is 35.8 Å². The number of amides is 1. The number of aromatic nitrogens is 3. The molecule has 2 aromatic heterocycles. The van der Waals surface area contributed by atoms with Crippen LogP contribution in [-0.4, -0.2) is 44.2 Å². The molecule has 0 atom stereocenters. The molecule has 3 aromatic rings. The molecule has 5 N–H and O–H groups in total. The Kier molecular flexibility index (Phi) is 5.57. The van der Waals surface area contributed by atoms with Crippen LogP contribution in [0, 0.1) is 0 Å². The molecule has 0 aliphatic rings. The highest BCUT2D eigenvalue weighted by atomic mass is 16.3. The number of carbonyl (C=O) groups is 1. The summed E-state index contributed by atoms with van der Waals surface area (Å²) in [5.74, 6) is 0.0587. The maximum atomic E-state index is 12.0. The number of aliphatic hydroxyl groups is 2. The zero-order valence-electron chi connectivity index (χ0n) is 13.9. The van der Waals surface area contributed by atoms with Crippen LogP contribution in [0.4, 0.5) is 11.6 Å². The van der Waals surface area contributed by atoms with Gasteiger partial charge in [-0.15, -0.1) is 0 Å². The average Bonchev–Trinajstić information content (AvgIpc) is 3.17. The molecule has 8 nitrogen and oxygen atoms in total. The largest absolute Gasteiger partial charge is 0.395 e. The second-order valence-corrected chi connectivity index (χ2v) is 5.50. The molecule has 134 valence electrons. The van der Waals surface area contributed by atoms with Crippen molar-refractivity contribution < 1.29 is 15.0 Å². The summed E-state index contributed by atoms with van der Waals surface area (Å²) in [7, 11) is 0. The van der Waals surface area contributed by atoms with Crippen molar-refractivity contribution in [3.63, 3.8) is 0 Å². The first-order valence-electron chi connectivity index (χ1n) is 8.08. The van der Waals surface area contributed by atoms with Crippen LogP contribution in [0.1, 0.15) is 16.1 Å². The number of rotatable bonds is 7. The van der Waals surface area contributed by atoms with E-state index in [-0.39, 0.29) is 25.7 Å². The highest BCUT2D eigenvalue weighted by molar-refractivity contribution is 5.93. The second-order valence-electron chi connectivity index (χ2n) is 5.50. The average molecular weight is 353 g/mol.